The number of fused-ring (bicyclic) bond motifs is 2. The number of nitrogens with one attached hydrogen (secondary N) is 2. The molecule has 3 aromatic carbocycles. The summed E-state index contributed by atoms with van der Waals surface area (Å²) in [5, 5.41) is 4.22. The number of hydrogen-bond donors (Lipinski definition) is 2. The number of para-hydroxylation sites is 1. The number of aromatic amines is 1. The molecule has 1 atom stereocenters. The summed E-state index contributed by atoms with van der Waals surface area (Å²) in [6.45, 7) is 0.848. The van der Waals surface area contributed by atoms with E-state index in [-0.39, 0.29) is 18.6 Å². The molecule has 0 bridgehead atoms. The van der Waals surface area contributed by atoms with Gasteiger partial charge < -0.3 is 19.8 Å². The average molecular weight is 412 g/mol. The molecule has 2 N–H and O–H groups in total. The van der Waals surface area contributed by atoms with Crippen LogP contribution in [0.15, 0.2) is 79.0 Å². The zero-order valence-corrected chi connectivity index (χ0v) is 17.1. The van der Waals surface area contributed by atoms with E-state index >= 15 is 0 Å². The van der Waals surface area contributed by atoms with E-state index in [1.165, 1.54) is 5.56 Å². The molecule has 1 aliphatic heterocycles. The molecule has 4 aromatic rings. The van der Waals surface area contributed by atoms with E-state index in [0.717, 1.165) is 39.9 Å². The number of H-pyrrole nitrogens is 1. The van der Waals surface area contributed by atoms with Gasteiger partial charge >= 0.3 is 0 Å². The van der Waals surface area contributed by atoms with Crippen molar-refractivity contribution in [3.8, 4) is 11.5 Å². The van der Waals surface area contributed by atoms with Gasteiger partial charge in [-0.15, -0.1) is 0 Å². The quantitative estimate of drug-likeness (QED) is 0.459. The van der Waals surface area contributed by atoms with Crippen LogP contribution in [0.25, 0.3) is 10.9 Å². The number of amides is 1. The highest BCUT2D eigenvalue weighted by Gasteiger charge is 2.24. The number of rotatable bonds is 7. The van der Waals surface area contributed by atoms with Crippen LogP contribution in [0.4, 0.5) is 0 Å². The Bertz CT molecular complexity index is 1200. The van der Waals surface area contributed by atoms with Crippen LogP contribution in [0, 0.1) is 0 Å². The van der Waals surface area contributed by atoms with Crippen molar-refractivity contribution < 1.29 is 14.3 Å². The van der Waals surface area contributed by atoms with Gasteiger partial charge in [0.2, 0.25) is 12.7 Å². The summed E-state index contributed by atoms with van der Waals surface area (Å²) in [4.78, 5) is 16.2. The van der Waals surface area contributed by atoms with Crippen LogP contribution < -0.4 is 14.8 Å². The van der Waals surface area contributed by atoms with Gasteiger partial charge in [-0.2, -0.15) is 0 Å². The molecule has 156 valence electrons. The van der Waals surface area contributed by atoms with Crippen LogP contribution >= 0.6 is 0 Å². The fourth-order valence-corrected chi connectivity index (χ4v) is 4.17. The lowest BCUT2D eigenvalue weighted by atomic mass is 9.87. The van der Waals surface area contributed by atoms with Gasteiger partial charge in [-0.25, -0.2) is 0 Å². The van der Waals surface area contributed by atoms with E-state index in [2.05, 4.69) is 34.6 Å². The largest absolute Gasteiger partial charge is 0.454 e. The van der Waals surface area contributed by atoms with E-state index in [1.54, 1.807) is 0 Å². The molecule has 1 amide bonds. The molecule has 0 spiro atoms. The molecule has 0 saturated heterocycles. The van der Waals surface area contributed by atoms with Crippen molar-refractivity contribution in [2.75, 3.05) is 13.3 Å². The van der Waals surface area contributed by atoms with Crippen LogP contribution in [0.5, 0.6) is 11.5 Å². The van der Waals surface area contributed by atoms with Crippen LogP contribution in [-0.4, -0.2) is 24.2 Å². The Kier molecular flexibility index (Phi) is 5.31. The monoisotopic (exact) mass is 412 g/mol. The first-order valence-corrected chi connectivity index (χ1v) is 10.5. The van der Waals surface area contributed by atoms with E-state index in [0.29, 0.717) is 13.0 Å². The van der Waals surface area contributed by atoms with E-state index in [4.69, 9.17) is 9.47 Å². The topological polar surface area (TPSA) is 63.4 Å². The van der Waals surface area contributed by atoms with Gasteiger partial charge in [0.05, 0.1) is 0 Å². The predicted molar refractivity (Wildman–Crippen MR) is 120 cm³/mol. The summed E-state index contributed by atoms with van der Waals surface area (Å²) < 4.78 is 11.0. The van der Waals surface area contributed by atoms with Crippen molar-refractivity contribution in [3.05, 3.63) is 95.7 Å². The van der Waals surface area contributed by atoms with Gasteiger partial charge in [0.1, 0.15) is 0 Å². The van der Waals surface area contributed by atoms with Crippen LogP contribution in [0.3, 0.4) is 0 Å². The second-order valence-corrected chi connectivity index (χ2v) is 7.74. The van der Waals surface area contributed by atoms with Crippen LogP contribution in [0.1, 0.15) is 29.0 Å². The fourth-order valence-electron chi connectivity index (χ4n) is 4.17. The zero-order valence-electron chi connectivity index (χ0n) is 17.1. The Morgan fingerprint density at radius 1 is 0.968 bits per heavy atom. The van der Waals surface area contributed by atoms with Gasteiger partial charge in [-0.3, -0.25) is 4.79 Å². The van der Waals surface area contributed by atoms with Gasteiger partial charge in [0, 0.05) is 36.0 Å². The van der Waals surface area contributed by atoms with E-state index in [9.17, 15) is 4.79 Å². The van der Waals surface area contributed by atoms with Crippen LogP contribution in [-0.2, 0) is 11.2 Å². The van der Waals surface area contributed by atoms with Crippen molar-refractivity contribution >= 4 is 16.8 Å². The molecule has 0 radical (unpaired) electrons. The fraction of sp³-hybridized carbons (Fsp3) is 0.192. The maximum Gasteiger partial charge on any atom is 0.231 e. The number of carbonyl (C=O) groups is 1. The zero-order chi connectivity index (χ0) is 21.0. The third kappa shape index (κ3) is 4.12. The summed E-state index contributed by atoms with van der Waals surface area (Å²) in [7, 11) is 0. The van der Waals surface area contributed by atoms with Crippen molar-refractivity contribution in [3.63, 3.8) is 0 Å². The van der Waals surface area contributed by atoms with Gasteiger partial charge in [0.15, 0.2) is 11.5 Å². The smallest absolute Gasteiger partial charge is 0.231 e. The molecule has 0 saturated carbocycles. The molecule has 31 heavy (non-hydrogen) atoms. The Balaban J connectivity index is 1.38. The average Bonchev–Trinajstić information content (AvgIpc) is 3.45. The molecule has 0 fully saturated rings. The Morgan fingerprint density at radius 3 is 2.68 bits per heavy atom. The molecule has 5 rings (SSSR count). The SMILES string of the molecule is O=C(CC(c1ccc2c(c1)OCO2)c1c[nH]c2ccccc12)NCCc1ccccc1. The third-order valence-corrected chi connectivity index (χ3v) is 5.76. The van der Waals surface area contributed by atoms with Gasteiger partial charge in [0.25, 0.3) is 0 Å². The first kappa shape index (κ1) is 19.2. The van der Waals surface area contributed by atoms with E-state index in [1.807, 2.05) is 54.7 Å². The highest BCUT2D eigenvalue weighted by molar-refractivity contribution is 5.86. The van der Waals surface area contributed by atoms with E-state index < -0.39 is 0 Å². The third-order valence-electron chi connectivity index (χ3n) is 5.76. The lowest BCUT2D eigenvalue weighted by Gasteiger charge is -2.18. The number of benzene rings is 3. The van der Waals surface area contributed by atoms with Gasteiger partial charge in [-0.1, -0.05) is 54.6 Å². The first-order valence-electron chi connectivity index (χ1n) is 10.5. The highest BCUT2D eigenvalue weighted by Crippen LogP contribution is 2.39. The molecular weight excluding hydrogens is 388 g/mol. The highest BCUT2D eigenvalue weighted by atomic mass is 16.7. The number of aromatic nitrogens is 1. The molecular formula is C26H24N2O3. The summed E-state index contributed by atoms with van der Waals surface area (Å²) in [5.74, 6) is 1.41. The van der Waals surface area contributed by atoms with Crippen LogP contribution in [0.2, 0.25) is 0 Å². The second kappa shape index (κ2) is 8.56. The minimum Gasteiger partial charge on any atom is -0.454 e. The molecule has 5 nitrogen and oxygen atoms in total. The molecule has 0 aliphatic carbocycles. The normalized spacial score (nSPS) is 13.3. The summed E-state index contributed by atoms with van der Waals surface area (Å²) in [5.41, 5.74) is 4.42. The molecule has 1 unspecified atom stereocenters. The number of hydrogen-bond acceptors (Lipinski definition) is 3. The molecule has 1 aliphatic rings. The first-order chi connectivity index (χ1) is 15.3. The minimum absolute atomic E-state index is 0.0314. The number of carbonyl (C=O) groups excluding carboxylic acids is 1. The maximum atomic E-state index is 12.9. The van der Waals surface area contributed by atoms with Gasteiger partial charge in [-0.05, 0) is 41.3 Å². The van der Waals surface area contributed by atoms with Crippen molar-refractivity contribution in [1.29, 1.82) is 0 Å². The Hall–Kier alpha value is -3.73. The summed E-state index contributed by atoms with van der Waals surface area (Å²) >= 11 is 0. The van der Waals surface area contributed by atoms with Crippen molar-refractivity contribution in [2.24, 2.45) is 0 Å². The van der Waals surface area contributed by atoms with Crippen molar-refractivity contribution in [1.82, 2.24) is 10.3 Å². The molecule has 5 heteroatoms. The maximum absolute atomic E-state index is 12.9. The lowest BCUT2D eigenvalue weighted by Crippen LogP contribution is -2.27. The molecule has 2 heterocycles. The minimum atomic E-state index is -0.0950. The Labute approximate surface area is 181 Å². The Morgan fingerprint density at radius 2 is 1.77 bits per heavy atom. The van der Waals surface area contributed by atoms with Crippen molar-refractivity contribution in [2.45, 2.75) is 18.8 Å². The second-order valence-electron chi connectivity index (χ2n) is 7.74. The lowest BCUT2D eigenvalue weighted by molar-refractivity contribution is -0.121. The molecule has 1 aromatic heterocycles. The standard InChI is InChI=1S/C26H24N2O3/c29-26(27-13-12-18-6-2-1-3-7-18)15-21(19-10-11-24-25(14-19)31-17-30-24)22-16-28-23-9-5-4-8-20(22)23/h1-11,14,16,21,28H,12-13,15,17H2,(H,27,29). The summed E-state index contributed by atoms with van der Waals surface area (Å²) in [6, 6.07) is 24.3. The summed E-state index contributed by atoms with van der Waals surface area (Å²) in [6.07, 6.45) is 3.18. The predicted octanol–water partition coefficient (Wildman–Crippen LogP) is 4.78. The number of ether oxygens (including phenoxy) is 2.